The van der Waals surface area contributed by atoms with Crippen molar-refractivity contribution in [3.8, 4) is 0 Å². The maximum Gasteiger partial charge on any atom is 0.496 e. The van der Waals surface area contributed by atoms with Gasteiger partial charge in [0, 0.05) is 18.2 Å². The highest BCUT2D eigenvalue weighted by molar-refractivity contribution is 6.62. The first kappa shape index (κ1) is 13.5. The highest BCUT2D eigenvalue weighted by Gasteiger charge is 2.52. The molecule has 1 fully saturated rings. The first-order valence-corrected chi connectivity index (χ1v) is 6.28. The summed E-state index contributed by atoms with van der Waals surface area (Å²) >= 11 is 0. The third-order valence-electron chi connectivity index (χ3n) is 3.84. The molecule has 0 saturated carbocycles. The predicted molar refractivity (Wildman–Crippen MR) is 72.6 cm³/mol. The van der Waals surface area contributed by atoms with E-state index in [-0.39, 0.29) is 18.3 Å². The van der Waals surface area contributed by atoms with Crippen LogP contribution in [0.25, 0.3) is 0 Å². The fourth-order valence-corrected chi connectivity index (χ4v) is 1.96. The van der Waals surface area contributed by atoms with E-state index in [0.717, 1.165) is 16.7 Å². The van der Waals surface area contributed by atoms with Crippen molar-refractivity contribution in [2.75, 3.05) is 0 Å². The minimum absolute atomic E-state index is 0.340. The van der Waals surface area contributed by atoms with Crippen molar-refractivity contribution in [3.63, 3.8) is 0 Å². The summed E-state index contributed by atoms with van der Waals surface area (Å²) < 4.78 is 12.1. The fraction of sp³-hybridized carbons (Fsp3) is 0.615. The zero-order chi connectivity index (χ0) is 13.6. The van der Waals surface area contributed by atoms with Crippen LogP contribution in [0.3, 0.4) is 0 Å². The summed E-state index contributed by atoms with van der Waals surface area (Å²) in [7, 11) is -0.388. The van der Waals surface area contributed by atoms with E-state index >= 15 is 0 Å². The molecule has 0 bridgehead atoms. The highest BCUT2D eigenvalue weighted by Crippen LogP contribution is 2.36. The zero-order valence-electron chi connectivity index (χ0n) is 11.8. The van der Waals surface area contributed by atoms with Crippen LogP contribution in [0.5, 0.6) is 0 Å². The average molecular weight is 248 g/mol. The van der Waals surface area contributed by atoms with Gasteiger partial charge in [-0.05, 0) is 40.2 Å². The van der Waals surface area contributed by atoms with Crippen molar-refractivity contribution in [2.24, 2.45) is 5.73 Å². The summed E-state index contributed by atoms with van der Waals surface area (Å²) in [6.45, 7) is 10.6. The summed E-state index contributed by atoms with van der Waals surface area (Å²) in [5.41, 5.74) is 7.90. The monoisotopic (exact) mass is 248 g/mol. The number of aromatic nitrogens is 1. The molecule has 2 N–H and O–H groups in total. The maximum absolute atomic E-state index is 6.03. The highest BCUT2D eigenvalue weighted by atomic mass is 16.7. The summed E-state index contributed by atoms with van der Waals surface area (Å²) in [4.78, 5) is 4.35. The largest absolute Gasteiger partial charge is 0.496 e. The molecule has 1 saturated heterocycles. The van der Waals surface area contributed by atoms with Crippen molar-refractivity contribution >= 4 is 12.6 Å². The Bertz CT molecular complexity index is 444. The van der Waals surface area contributed by atoms with Crippen LogP contribution in [0, 0.1) is 6.92 Å². The Hall–Kier alpha value is -0.905. The van der Waals surface area contributed by atoms with E-state index in [1.165, 1.54) is 0 Å². The van der Waals surface area contributed by atoms with E-state index in [0.29, 0.717) is 6.54 Å². The molecule has 0 radical (unpaired) electrons. The average Bonchev–Trinajstić information content (AvgIpc) is 2.48. The Balaban J connectivity index is 2.37. The second-order valence-electron chi connectivity index (χ2n) is 5.84. The SMILES string of the molecule is Cc1cnc(CN)c(B2OC(C)(C)C(C)(C)O2)c1. The van der Waals surface area contributed by atoms with Gasteiger partial charge in [-0.25, -0.2) is 0 Å². The molecule has 0 spiro atoms. The van der Waals surface area contributed by atoms with Crippen LogP contribution in [0.15, 0.2) is 12.3 Å². The maximum atomic E-state index is 6.03. The molecular formula is C13H21BN2O2. The first-order valence-electron chi connectivity index (χ1n) is 6.28. The van der Waals surface area contributed by atoms with Crippen molar-refractivity contribution in [3.05, 3.63) is 23.5 Å². The predicted octanol–water partition coefficient (Wildman–Crippen LogP) is 1.15. The van der Waals surface area contributed by atoms with Crippen molar-refractivity contribution < 1.29 is 9.31 Å². The summed E-state index contributed by atoms with van der Waals surface area (Å²) in [6, 6.07) is 2.04. The van der Waals surface area contributed by atoms with Gasteiger partial charge in [-0.1, -0.05) is 6.07 Å². The van der Waals surface area contributed by atoms with Crippen LogP contribution in [-0.4, -0.2) is 23.3 Å². The van der Waals surface area contributed by atoms with Gasteiger partial charge in [0.15, 0.2) is 0 Å². The van der Waals surface area contributed by atoms with Gasteiger partial charge in [0.05, 0.1) is 16.9 Å². The topological polar surface area (TPSA) is 57.4 Å². The van der Waals surface area contributed by atoms with Crippen LogP contribution in [0.1, 0.15) is 39.0 Å². The van der Waals surface area contributed by atoms with Crippen molar-refractivity contribution in [2.45, 2.75) is 52.4 Å². The molecule has 1 aliphatic heterocycles. The van der Waals surface area contributed by atoms with Gasteiger partial charge in [-0.2, -0.15) is 0 Å². The van der Waals surface area contributed by atoms with Gasteiger partial charge >= 0.3 is 7.12 Å². The Labute approximate surface area is 109 Å². The Kier molecular flexibility index (Phi) is 3.26. The lowest BCUT2D eigenvalue weighted by molar-refractivity contribution is 0.00578. The third-order valence-corrected chi connectivity index (χ3v) is 3.84. The van der Waals surface area contributed by atoms with Crippen LogP contribution in [0.4, 0.5) is 0 Å². The number of rotatable bonds is 2. The van der Waals surface area contributed by atoms with Gasteiger partial charge < -0.3 is 15.0 Å². The standard InChI is InChI=1S/C13H21BN2O2/c1-9-6-10(11(7-15)16-8-9)14-17-12(2,3)13(4,5)18-14/h6,8H,7,15H2,1-5H3. The molecule has 0 atom stereocenters. The van der Waals surface area contributed by atoms with E-state index in [2.05, 4.69) is 4.98 Å². The zero-order valence-corrected chi connectivity index (χ0v) is 11.8. The minimum Gasteiger partial charge on any atom is -0.399 e. The van der Waals surface area contributed by atoms with Crippen LogP contribution >= 0.6 is 0 Å². The van der Waals surface area contributed by atoms with Crippen LogP contribution in [0.2, 0.25) is 0 Å². The molecule has 1 aromatic rings. The number of hydrogen-bond acceptors (Lipinski definition) is 4. The first-order chi connectivity index (χ1) is 8.27. The minimum atomic E-state index is -0.388. The lowest BCUT2D eigenvalue weighted by Gasteiger charge is -2.32. The van der Waals surface area contributed by atoms with E-state index < -0.39 is 0 Å². The van der Waals surface area contributed by atoms with Gasteiger partial charge in [0.2, 0.25) is 0 Å². The number of pyridine rings is 1. The quantitative estimate of drug-likeness (QED) is 0.797. The summed E-state index contributed by atoms with van der Waals surface area (Å²) in [5.74, 6) is 0. The molecule has 0 unspecified atom stereocenters. The number of aryl methyl sites for hydroxylation is 1. The van der Waals surface area contributed by atoms with Gasteiger partial charge in [-0.15, -0.1) is 0 Å². The number of hydrogen-bond donors (Lipinski definition) is 1. The lowest BCUT2D eigenvalue weighted by Crippen LogP contribution is -2.41. The Morgan fingerprint density at radius 1 is 1.22 bits per heavy atom. The summed E-state index contributed by atoms with van der Waals surface area (Å²) in [5, 5.41) is 0. The van der Waals surface area contributed by atoms with Gasteiger partial charge in [0.1, 0.15) is 0 Å². The van der Waals surface area contributed by atoms with Gasteiger partial charge in [0.25, 0.3) is 0 Å². The molecule has 0 amide bonds. The fourth-order valence-electron chi connectivity index (χ4n) is 1.96. The summed E-state index contributed by atoms with van der Waals surface area (Å²) in [6.07, 6.45) is 1.82. The van der Waals surface area contributed by atoms with Gasteiger partial charge in [-0.3, -0.25) is 4.98 Å². The Morgan fingerprint density at radius 2 is 1.78 bits per heavy atom. The molecule has 2 rings (SSSR count). The number of nitrogens with zero attached hydrogens (tertiary/aromatic N) is 1. The smallest absolute Gasteiger partial charge is 0.399 e. The molecule has 98 valence electrons. The van der Waals surface area contributed by atoms with Crippen LogP contribution < -0.4 is 11.2 Å². The van der Waals surface area contributed by atoms with E-state index in [1.54, 1.807) is 0 Å². The second kappa shape index (κ2) is 4.33. The van der Waals surface area contributed by atoms with E-state index in [1.807, 2.05) is 46.9 Å². The van der Waals surface area contributed by atoms with Crippen LogP contribution in [-0.2, 0) is 15.9 Å². The van der Waals surface area contributed by atoms with Crippen molar-refractivity contribution in [1.82, 2.24) is 4.98 Å². The second-order valence-corrected chi connectivity index (χ2v) is 5.84. The molecule has 18 heavy (non-hydrogen) atoms. The van der Waals surface area contributed by atoms with E-state index in [4.69, 9.17) is 15.0 Å². The molecule has 0 aromatic carbocycles. The molecule has 0 aliphatic carbocycles. The lowest BCUT2D eigenvalue weighted by atomic mass is 9.77. The molecule has 5 heteroatoms. The molecule has 2 heterocycles. The molecule has 1 aromatic heterocycles. The Morgan fingerprint density at radius 3 is 2.28 bits per heavy atom. The normalized spacial score (nSPS) is 21.3. The molecular weight excluding hydrogens is 227 g/mol. The third kappa shape index (κ3) is 2.18. The number of nitrogens with two attached hydrogens (primary N) is 1. The molecule has 4 nitrogen and oxygen atoms in total. The molecule has 1 aliphatic rings. The van der Waals surface area contributed by atoms with Crippen molar-refractivity contribution in [1.29, 1.82) is 0 Å². The van der Waals surface area contributed by atoms with E-state index in [9.17, 15) is 0 Å².